The van der Waals surface area contributed by atoms with Crippen molar-refractivity contribution in [2.75, 3.05) is 6.54 Å². The lowest BCUT2D eigenvalue weighted by Gasteiger charge is -2.25. The number of rotatable bonds is 7. The molecule has 2 atom stereocenters. The normalized spacial score (nSPS) is 14.2. The highest BCUT2D eigenvalue weighted by atomic mass is 15.2. The van der Waals surface area contributed by atoms with Gasteiger partial charge in [0.1, 0.15) is 0 Å². The number of hydrogen-bond acceptors (Lipinski definition) is 2. The third-order valence-electron chi connectivity index (χ3n) is 3.78. The van der Waals surface area contributed by atoms with Crippen molar-refractivity contribution in [3.63, 3.8) is 0 Å². The van der Waals surface area contributed by atoms with Crippen LogP contribution >= 0.6 is 0 Å². The van der Waals surface area contributed by atoms with Crippen LogP contribution < -0.4 is 5.32 Å². The molecule has 0 saturated carbocycles. The number of hydrogen-bond donors (Lipinski definition) is 1. The van der Waals surface area contributed by atoms with Gasteiger partial charge in [-0.2, -0.15) is 5.10 Å². The van der Waals surface area contributed by atoms with Crippen molar-refractivity contribution in [1.82, 2.24) is 15.1 Å². The van der Waals surface area contributed by atoms with E-state index in [1.54, 1.807) is 0 Å². The number of aryl methyl sites for hydroxylation is 1. The lowest BCUT2D eigenvalue weighted by Crippen LogP contribution is -2.36. The summed E-state index contributed by atoms with van der Waals surface area (Å²) in [5.74, 6) is 0.477. The summed E-state index contributed by atoms with van der Waals surface area (Å²) in [4.78, 5) is 0. The van der Waals surface area contributed by atoms with E-state index in [0.29, 0.717) is 12.0 Å². The Morgan fingerprint density at radius 1 is 1.20 bits per heavy atom. The van der Waals surface area contributed by atoms with E-state index in [4.69, 9.17) is 0 Å². The first kappa shape index (κ1) is 14.8. The fourth-order valence-corrected chi connectivity index (χ4v) is 2.54. The average Bonchev–Trinajstić information content (AvgIpc) is 2.89. The smallest absolute Gasteiger partial charge is 0.0640 e. The molecule has 0 aliphatic heterocycles. The average molecular weight is 271 g/mol. The van der Waals surface area contributed by atoms with Gasteiger partial charge in [0.05, 0.1) is 5.69 Å². The van der Waals surface area contributed by atoms with Crippen molar-refractivity contribution >= 4 is 0 Å². The van der Waals surface area contributed by atoms with Gasteiger partial charge in [0.25, 0.3) is 0 Å². The predicted octanol–water partition coefficient (Wildman–Crippen LogP) is 3.13. The summed E-state index contributed by atoms with van der Waals surface area (Å²) in [6.45, 7) is 5.55. The molecule has 3 nitrogen and oxygen atoms in total. The number of nitrogens with zero attached hydrogens (tertiary/aromatic N) is 2. The minimum Gasteiger partial charge on any atom is -0.313 e. The molecule has 2 unspecified atom stereocenters. The van der Waals surface area contributed by atoms with E-state index >= 15 is 0 Å². The van der Waals surface area contributed by atoms with E-state index in [1.165, 1.54) is 5.56 Å². The van der Waals surface area contributed by atoms with E-state index in [1.807, 2.05) is 17.9 Å². The van der Waals surface area contributed by atoms with Crippen molar-refractivity contribution in [2.45, 2.75) is 38.6 Å². The SMILES string of the molecule is CCCNC(Cc1ccn(C)n1)C(C)c1ccccc1. The van der Waals surface area contributed by atoms with Crippen LogP contribution in [0.3, 0.4) is 0 Å². The molecular formula is C17H25N3. The Morgan fingerprint density at radius 3 is 2.55 bits per heavy atom. The van der Waals surface area contributed by atoms with E-state index in [0.717, 1.165) is 25.1 Å². The molecule has 2 aromatic rings. The predicted molar refractivity (Wildman–Crippen MR) is 83.9 cm³/mol. The summed E-state index contributed by atoms with van der Waals surface area (Å²) >= 11 is 0. The van der Waals surface area contributed by atoms with Crippen LogP contribution in [0.25, 0.3) is 0 Å². The van der Waals surface area contributed by atoms with Crippen LogP contribution in [0.5, 0.6) is 0 Å². The molecule has 1 aromatic carbocycles. The maximum atomic E-state index is 4.51. The van der Waals surface area contributed by atoms with Gasteiger partial charge in [-0.25, -0.2) is 0 Å². The van der Waals surface area contributed by atoms with Crippen molar-refractivity contribution in [2.24, 2.45) is 7.05 Å². The van der Waals surface area contributed by atoms with Gasteiger partial charge in [-0.3, -0.25) is 4.68 Å². The monoisotopic (exact) mass is 271 g/mol. The highest BCUT2D eigenvalue weighted by Gasteiger charge is 2.19. The summed E-state index contributed by atoms with van der Waals surface area (Å²) in [7, 11) is 1.97. The first-order valence-corrected chi connectivity index (χ1v) is 7.47. The molecule has 0 aliphatic rings. The third kappa shape index (κ3) is 3.94. The molecule has 1 aromatic heterocycles. The Kier molecular flexibility index (Phi) is 5.36. The van der Waals surface area contributed by atoms with Crippen LogP contribution in [-0.2, 0) is 13.5 Å². The second-order valence-corrected chi connectivity index (χ2v) is 5.44. The minimum absolute atomic E-state index is 0.423. The summed E-state index contributed by atoms with van der Waals surface area (Å²) in [5, 5.41) is 8.19. The zero-order chi connectivity index (χ0) is 14.4. The van der Waals surface area contributed by atoms with Crippen LogP contribution in [-0.4, -0.2) is 22.4 Å². The van der Waals surface area contributed by atoms with E-state index in [-0.39, 0.29) is 0 Å². The van der Waals surface area contributed by atoms with E-state index in [2.05, 4.69) is 60.7 Å². The van der Waals surface area contributed by atoms with Crippen LogP contribution in [0.2, 0.25) is 0 Å². The fourth-order valence-electron chi connectivity index (χ4n) is 2.54. The van der Waals surface area contributed by atoms with Gasteiger partial charge in [0, 0.05) is 25.7 Å². The van der Waals surface area contributed by atoms with Crippen molar-refractivity contribution in [3.8, 4) is 0 Å². The standard InChI is InChI=1S/C17H25N3/c1-4-11-18-17(13-16-10-12-20(3)19-16)14(2)15-8-6-5-7-9-15/h5-10,12,14,17-18H,4,11,13H2,1-3H3. The van der Waals surface area contributed by atoms with E-state index < -0.39 is 0 Å². The molecular weight excluding hydrogens is 246 g/mol. The zero-order valence-electron chi connectivity index (χ0n) is 12.7. The Balaban J connectivity index is 2.10. The van der Waals surface area contributed by atoms with Crippen LogP contribution in [0.15, 0.2) is 42.6 Å². The van der Waals surface area contributed by atoms with Gasteiger partial charge in [-0.15, -0.1) is 0 Å². The van der Waals surface area contributed by atoms with Gasteiger partial charge < -0.3 is 5.32 Å². The molecule has 20 heavy (non-hydrogen) atoms. The molecule has 0 amide bonds. The second-order valence-electron chi connectivity index (χ2n) is 5.44. The van der Waals surface area contributed by atoms with Crippen molar-refractivity contribution < 1.29 is 0 Å². The quantitative estimate of drug-likeness (QED) is 0.838. The lowest BCUT2D eigenvalue weighted by atomic mass is 9.90. The first-order chi connectivity index (χ1) is 9.70. The summed E-state index contributed by atoms with van der Waals surface area (Å²) < 4.78 is 1.87. The molecule has 0 bridgehead atoms. The van der Waals surface area contributed by atoms with Gasteiger partial charge in [-0.1, -0.05) is 44.2 Å². The minimum atomic E-state index is 0.423. The van der Waals surface area contributed by atoms with Crippen molar-refractivity contribution in [1.29, 1.82) is 0 Å². The maximum absolute atomic E-state index is 4.51. The molecule has 0 radical (unpaired) electrons. The Bertz CT molecular complexity index is 504. The summed E-state index contributed by atoms with van der Waals surface area (Å²) in [5.41, 5.74) is 2.54. The largest absolute Gasteiger partial charge is 0.313 e. The molecule has 108 valence electrons. The van der Waals surface area contributed by atoms with Gasteiger partial charge in [0.2, 0.25) is 0 Å². The Labute approximate surface area is 122 Å². The number of aromatic nitrogens is 2. The number of benzene rings is 1. The molecule has 1 N–H and O–H groups in total. The topological polar surface area (TPSA) is 29.9 Å². The molecule has 0 spiro atoms. The van der Waals surface area contributed by atoms with Gasteiger partial charge in [-0.05, 0) is 30.5 Å². The lowest BCUT2D eigenvalue weighted by molar-refractivity contribution is 0.442. The van der Waals surface area contributed by atoms with Gasteiger partial charge >= 0.3 is 0 Å². The van der Waals surface area contributed by atoms with Crippen LogP contribution in [0.4, 0.5) is 0 Å². The molecule has 3 heteroatoms. The third-order valence-corrected chi connectivity index (χ3v) is 3.78. The highest BCUT2D eigenvalue weighted by molar-refractivity contribution is 5.21. The Morgan fingerprint density at radius 2 is 1.95 bits per heavy atom. The maximum Gasteiger partial charge on any atom is 0.0640 e. The zero-order valence-corrected chi connectivity index (χ0v) is 12.7. The van der Waals surface area contributed by atoms with Crippen LogP contribution in [0.1, 0.15) is 37.4 Å². The Hall–Kier alpha value is -1.61. The molecule has 1 heterocycles. The highest BCUT2D eigenvalue weighted by Crippen LogP contribution is 2.21. The molecule has 0 saturated heterocycles. The number of nitrogens with one attached hydrogen (secondary N) is 1. The van der Waals surface area contributed by atoms with E-state index in [9.17, 15) is 0 Å². The van der Waals surface area contributed by atoms with Gasteiger partial charge in [0.15, 0.2) is 0 Å². The first-order valence-electron chi connectivity index (χ1n) is 7.47. The fraction of sp³-hybridized carbons (Fsp3) is 0.471. The van der Waals surface area contributed by atoms with Crippen LogP contribution in [0, 0.1) is 0 Å². The summed E-state index contributed by atoms with van der Waals surface area (Å²) in [6.07, 6.45) is 4.14. The second kappa shape index (κ2) is 7.25. The van der Waals surface area contributed by atoms with Crippen molar-refractivity contribution in [3.05, 3.63) is 53.9 Å². The molecule has 0 fully saturated rings. The summed E-state index contributed by atoms with van der Waals surface area (Å²) in [6, 6.07) is 13.3. The molecule has 0 aliphatic carbocycles. The molecule has 2 rings (SSSR count).